The first-order chi connectivity index (χ1) is 7.76. The molecule has 0 aliphatic carbocycles. The maximum atomic E-state index is 9.54. The third-order valence-electron chi connectivity index (χ3n) is 2.94. The monoisotopic (exact) mass is 259 g/mol. The number of ether oxygens (including phenoxy) is 2. The number of benzene rings is 1. The number of nitrogens with one attached hydrogen (secondary N) is 1. The Hall–Kier alpha value is -1.13. The van der Waals surface area contributed by atoms with Crippen molar-refractivity contribution in [2.45, 2.75) is 18.9 Å². The number of halogens is 1. The van der Waals surface area contributed by atoms with E-state index in [0.717, 1.165) is 24.9 Å². The van der Waals surface area contributed by atoms with E-state index in [1.54, 1.807) is 26.4 Å². The lowest BCUT2D eigenvalue weighted by Crippen LogP contribution is -2.14. The molecule has 1 aromatic carbocycles. The molecule has 96 valence electrons. The summed E-state index contributed by atoms with van der Waals surface area (Å²) in [6, 6.07) is 3.50. The molecule has 0 aromatic heterocycles. The fourth-order valence-electron chi connectivity index (χ4n) is 2.20. The first kappa shape index (κ1) is 13.9. The lowest BCUT2D eigenvalue weighted by atomic mass is 10.0. The molecule has 17 heavy (non-hydrogen) atoms. The summed E-state index contributed by atoms with van der Waals surface area (Å²) in [4.78, 5) is 0. The van der Waals surface area contributed by atoms with Gasteiger partial charge in [-0.1, -0.05) is 0 Å². The molecule has 0 radical (unpaired) electrons. The van der Waals surface area contributed by atoms with Gasteiger partial charge in [-0.25, -0.2) is 0 Å². The normalized spacial score (nSPS) is 18.6. The van der Waals surface area contributed by atoms with Crippen LogP contribution in [0.1, 0.15) is 24.4 Å². The molecule has 4 nitrogen and oxygen atoms in total. The maximum Gasteiger partial charge on any atom is 0.131 e. The minimum Gasteiger partial charge on any atom is -0.508 e. The van der Waals surface area contributed by atoms with Crippen molar-refractivity contribution in [1.82, 2.24) is 5.32 Å². The van der Waals surface area contributed by atoms with Crippen LogP contribution >= 0.6 is 12.4 Å². The highest BCUT2D eigenvalue weighted by Crippen LogP contribution is 2.40. The number of hydrogen-bond donors (Lipinski definition) is 2. The Morgan fingerprint density at radius 2 is 1.82 bits per heavy atom. The Morgan fingerprint density at radius 1 is 1.24 bits per heavy atom. The van der Waals surface area contributed by atoms with Gasteiger partial charge in [0.1, 0.15) is 17.2 Å². The third-order valence-corrected chi connectivity index (χ3v) is 2.94. The predicted molar refractivity (Wildman–Crippen MR) is 68.4 cm³/mol. The van der Waals surface area contributed by atoms with Gasteiger partial charge < -0.3 is 19.9 Å². The van der Waals surface area contributed by atoms with Gasteiger partial charge in [0, 0.05) is 18.2 Å². The molecule has 0 spiro atoms. The summed E-state index contributed by atoms with van der Waals surface area (Å²) in [5, 5.41) is 12.9. The fourth-order valence-corrected chi connectivity index (χ4v) is 2.20. The van der Waals surface area contributed by atoms with E-state index in [1.807, 2.05) is 0 Å². The molecule has 1 aliphatic rings. The molecule has 1 fully saturated rings. The van der Waals surface area contributed by atoms with Gasteiger partial charge in [-0.3, -0.25) is 0 Å². The van der Waals surface area contributed by atoms with Crippen LogP contribution in [0.2, 0.25) is 0 Å². The molecule has 2 rings (SSSR count). The lowest BCUT2D eigenvalue weighted by Gasteiger charge is -2.18. The fraction of sp³-hybridized carbons (Fsp3) is 0.500. The van der Waals surface area contributed by atoms with Gasteiger partial charge in [-0.15, -0.1) is 12.4 Å². The number of hydrogen-bond acceptors (Lipinski definition) is 4. The van der Waals surface area contributed by atoms with E-state index in [-0.39, 0.29) is 24.2 Å². The van der Waals surface area contributed by atoms with Gasteiger partial charge >= 0.3 is 0 Å². The van der Waals surface area contributed by atoms with Crippen LogP contribution in [-0.2, 0) is 0 Å². The van der Waals surface area contributed by atoms with Crippen LogP contribution in [-0.4, -0.2) is 25.9 Å². The molecule has 0 amide bonds. The molecule has 1 heterocycles. The molecular weight excluding hydrogens is 242 g/mol. The van der Waals surface area contributed by atoms with Crippen molar-refractivity contribution in [1.29, 1.82) is 0 Å². The summed E-state index contributed by atoms with van der Waals surface area (Å²) >= 11 is 0. The van der Waals surface area contributed by atoms with Crippen molar-refractivity contribution in [3.05, 3.63) is 17.7 Å². The molecule has 5 heteroatoms. The van der Waals surface area contributed by atoms with Crippen molar-refractivity contribution in [3.63, 3.8) is 0 Å². The Balaban J connectivity index is 0.00000144. The smallest absolute Gasteiger partial charge is 0.131 e. The minimum atomic E-state index is 0. The summed E-state index contributed by atoms with van der Waals surface area (Å²) in [6.45, 7) is 1.01. The van der Waals surface area contributed by atoms with Crippen molar-refractivity contribution in [3.8, 4) is 17.2 Å². The molecular formula is C12H18ClNO3. The van der Waals surface area contributed by atoms with Crippen molar-refractivity contribution in [2.24, 2.45) is 0 Å². The van der Waals surface area contributed by atoms with Crippen molar-refractivity contribution in [2.75, 3.05) is 20.8 Å². The van der Waals surface area contributed by atoms with E-state index in [4.69, 9.17) is 9.47 Å². The van der Waals surface area contributed by atoms with Crippen LogP contribution < -0.4 is 14.8 Å². The second-order valence-electron chi connectivity index (χ2n) is 3.91. The Labute approximate surface area is 107 Å². The quantitative estimate of drug-likeness (QED) is 0.874. The molecule has 0 bridgehead atoms. The number of rotatable bonds is 3. The van der Waals surface area contributed by atoms with Crippen LogP contribution in [0.4, 0.5) is 0 Å². The summed E-state index contributed by atoms with van der Waals surface area (Å²) < 4.78 is 10.6. The highest BCUT2D eigenvalue weighted by Gasteiger charge is 2.24. The van der Waals surface area contributed by atoms with Gasteiger partial charge in [0.2, 0.25) is 0 Å². The predicted octanol–water partition coefficient (Wildman–Crippen LogP) is 2.26. The third kappa shape index (κ3) is 2.76. The SMILES string of the molecule is COc1cc(O)cc(OC)c1[C@@H]1CCCN1.Cl. The molecule has 1 aliphatic heterocycles. The number of aromatic hydroxyl groups is 1. The summed E-state index contributed by atoms with van der Waals surface area (Å²) in [5.41, 5.74) is 1.00. The molecule has 1 atom stereocenters. The zero-order valence-corrected chi connectivity index (χ0v) is 10.8. The molecule has 1 saturated heterocycles. The Morgan fingerprint density at radius 3 is 2.24 bits per heavy atom. The van der Waals surface area contributed by atoms with Crippen LogP contribution in [0.5, 0.6) is 17.2 Å². The van der Waals surface area contributed by atoms with E-state index >= 15 is 0 Å². The highest BCUT2D eigenvalue weighted by molar-refractivity contribution is 5.85. The van der Waals surface area contributed by atoms with Crippen LogP contribution in [0, 0.1) is 0 Å². The molecule has 0 unspecified atom stereocenters. The zero-order chi connectivity index (χ0) is 11.5. The lowest BCUT2D eigenvalue weighted by molar-refractivity contribution is 0.368. The second kappa shape index (κ2) is 5.98. The summed E-state index contributed by atoms with van der Waals surface area (Å²) in [6.07, 6.45) is 2.22. The number of phenolic OH excluding ortho intramolecular Hbond substituents is 1. The Bertz CT molecular complexity index is 353. The first-order valence-electron chi connectivity index (χ1n) is 5.44. The van der Waals surface area contributed by atoms with Gasteiger partial charge in [0.25, 0.3) is 0 Å². The van der Waals surface area contributed by atoms with Gasteiger partial charge in [-0.05, 0) is 19.4 Å². The first-order valence-corrected chi connectivity index (χ1v) is 5.44. The van der Waals surface area contributed by atoms with Gasteiger partial charge in [0.15, 0.2) is 0 Å². The van der Waals surface area contributed by atoms with E-state index in [0.29, 0.717) is 11.5 Å². The van der Waals surface area contributed by atoms with E-state index in [1.165, 1.54) is 0 Å². The molecule has 2 N–H and O–H groups in total. The highest BCUT2D eigenvalue weighted by atomic mass is 35.5. The van der Waals surface area contributed by atoms with Crippen molar-refractivity contribution >= 4 is 12.4 Å². The largest absolute Gasteiger partial charge is 0.508 e. The average molecular weight is 260 g/mol. The topological polar surface area (TPSA) is 50.7 Å². The number of phenols is 1. The second-order valence-corrected chi connectivity index (χ2v) is 3.91. The summed E-state index contributed by atoms with van der Waals surface area (Å²) in [7, 11) is 3.21. The maximum absolute atomic E-state index is 9.54. The van der Waals surface area contributed by atoms with Crippen molar-refractivity contribution < 1.29 is 14.6 Å². The van der Waals surface area contributed by atoms with Crippen LogP contribution in [0.15, 0.2) is 12.1 Å². The van der Waals surface area contributed by atoms with E-state index in [2.05, 4.69) is 5.32 Å². The minimum absolute atomic E-state index is 0. The standard InChI is InChI=1S/C12H17NO3.ClH/c1-15-10-6-8(14)7-11(16-2)12(10)9-4-3-5-13-9;/h6-7,9,13-14H,3-5H2,1-2H3;1H/t9-;/m0./s1. The van der Waals surface area contributed by atoms with Crippen LogP contribution in [0.25, 0.3) is 0 Å². The van der Waals surface area contributed by atoms with Crippen LogP contribution in [0.3, 0.4) is 0 Å². The van der Waals surface area contributed by atoms with E-state index < -0.39 is 0 Å². The average Bonchev–Trinajstić information content (AvgIpc) is 2.80. The Kier molecular flexibility index (Phi) is 4.90. The zero-order valence-electron chi connectivity index (χ0n) is 10.0. The molecule has 1 aromatic rings. The van der Waals surface area contributed by atoms with Gasteiger partial charge in [-0.2, -0.15) is 0 Å². The van der Waals surface area contributed by atoms with E-state index in [9.17, 15) is 5.11 Å². The molecule has 0 saturated carbocycles. The number of methoxy groups -OCH3 is 2. The van der Waals surface area contributed by atoms with Gasteiger partial charge in [0.05, 0.1) is 19.8 Å². The summed E-state index contributed by atoms with van der Waals surface area (Å²) in [5.74, 6) is 1.52.